The van der Waals surface area contributed by atoms with Crippen LogP contribution in [0.4, 0.5) is 0 Å². The van der Waals surface area contributed by atoms with Crippen LogP contribution in [0.3, 0.4) is 0 Å². The molecule has 0 aliphatic rings. The zero-order valence-corrected chi connectivity index (χ0v) is 13.6. The maximum absolute atomic E-state index is 12.5. The van der Waals surface area contributed by atoms with Crippen LogP contribution in [0.25, 0.3) is 22.5 Å². The molecular formula is C20H14N2O4. The Morgan fingerprint density at radius 3 is 2.31 bits per heavy atom. The van der Waals surface area contributed by atoms with E-state index in [-0.39, 0.29) is 28.9 Å². The number of nitrogens with zero attached hydrogens (tertiary/aromatic N) is 1. The molecule has 0 aliphatic carbocycles. The lowest BCUT2D eigenvalue weighted by Crippen LogP contribution is -2.15. The molecule has 4 aromatic rings. The number of aromatic hydroxyl groups is 1. The van der Waals surface area contributed by atoms with Gasteiger partial charge in [-0.15, -0.1) is 0 Å². The van der Waals surface area contributed by atoms with Crippen molar-refractivity contribution < 1.29 is 9.52 Å². The highest BCUT2D eigenvalue weighted by atomic mass is 16.4. The van der Waals surface area contributed by atoms with Crippen molar-refractivity contribution in [2.45, 2.75) is 6.42 Å². The van der Waals surface area contributed by atoms with Crippen molar-refractivity contribution in [2.75, 3.05) is 0 Å². The normalized spacial score (nSPS) is 10.9. The molecule has 4 rings (SSSR count). The van der Waals surface area contributed by atoms with Crippen molar-refractivity contribution in [1.82, 2.24) is 9.97 Å². The summed E-state index contributed by atoms with van der Waals surface area (Å²) in [6.45, 7) is 0. The van der Waals surface area contributed by atoms with Crippen LogP contribution in [0.2, 0.25) is 0 Å². The van der Waals surface area contributed by atoms with E-state index in [2.05, 4.69) is 9.97 Å². The summed E-state index contributed by atoms with van der Waals surface area (Å²) in [5.74, 6) is -0.130. The van der Waals surface area contributed by atoms with Gasteiger partial charge in [0.15, 0.2) is 0 Å². The number of fused-ring (bicyclic) bond motifs is 1. The smallest absolute Gasteiger partial charge is 0.344 e. The van der Waals surface area contributed by atoms with Crippen molar-refractivity contribution in [2.24, 2.45) is 0 Å². The third kappa shape index (κ3) is 2.77. The van der Waals surface area contributed by atoms with E-state index in [0.29, 0.717) is 5.56 Å². The predicted octanol–water partition coefficient (Wildman–Crippen LogP) is 2.84. The van der Waals surface area contributed by atoms with Gasteiger partial charge in [0.25, 0.3) is 5.56 Å². The molecular weight excluding hydrogens is 332 g/mol. The van der Waals surface area contributed by atoms with Crippen LogP contribution in [0.5, 0.6) is 5.75 Å². The lowest BCUT2D eigenvalue weighted by molar-refractivity contribution is 0.455. The number of nitrogens with one attached hydrogen (secondary N) is 1. The van der Waals surface area contributed by atoms with Gasteiger partial charge in [-0.2, -0.15) is 4.98 Å². The van der Waals surface area contributed by atoms with Crippen molar-refractivity contribution in [3.8, 4) is 17.1 Å². The first-order valence-electron chi connectivity index (χ1n) is 8.02. The van der Waals surface area contributed by atoms with E-state index in [1.807, 2.05) is 36.4 Å². The van der Waals surface area contributed by atoms with Gasteiger partial charge in [-0.25, -0.2) is 4.79 Å². The Labute approximate surface area is 147 Å². The van der Waals surface area contributed by atoms with Crippen LogP contribution >= 0.6 is 0 Å². The SMILES string of the molecule is O=c1oc2nc(-c3ccccc3)[nH]c(=O)c2c(O)c1Cc1ccccc1. The highest BCUT2D eigenvalue weighted by molar-refractivity contribution is 5.81. The zero-order valence-electron chi connectivity index (χ0n) is 13.6. The van der Waals surface area contributed by atoms with Gasteiger partial charge in [-0.1, -0.05) is 60.7 Å². The number of rotatable bonds is 3. The summed E-state index contributed by atoms with van der Waals surface area (Å²) < 4.78 is 5.24. The van der Waals surface area contributed by atoms with Gasteiger partial charge in [-0.05, 0) is 5.56 Å². The first kappa shape index (κ1) is 15.8. The van der Waals surface area contributed by atoms with Gasteiger partial charge in [-0.3, -0.25) is 4.79 Å². The Morgan fingerprint density at radius 1 is 0.962 bits per heavy atom. The third-order valence-electron chi connectivity index (χ3n) is 4.12. The second kappa shape index (κ2) is 6.33. The minimum atomic E-state index is -0.712. The fraction of sp³-hybridized carbons (Fsp3) is 0.0500. The van der Waals surface area contributed by atoms with Gasteiger partial charge in [0.2, 0.25) is 5.71 Å². The van der Waals surface area contributed by atoms with Crippen molar-refractivity contribution >= 4 is 11.1 Å². The van der Waals surface area contributed by atoms with Crippen LogP contribution in [-0.2, 0) is 6.42 Å². The van der Waals surface area contributed by atoms with E-state index in [1.54, 1.807) is 24.3 Å². The minimum Gasteiger partial charge on any atom is -0.506 e. The lowest BCUT2D eigenvalue weighted by Gasteiger charge is -2.07. The van der Waals surface area contributed by atoms with Crippen molar-refractivity contribution in [3.63, 3.8) is 0 Å². The quantitative estimate of drug-likeness (QED) is 0.595. The van der Waals surface area contributed by atoms with Gasteiger partial charge >= 0.3 is 5.63 Å². The van der Waals surface area contributed by atoms with Crippen LogP contribution in [0.1, 0.15) is 11.1 Å². The van der Waals surface area contributed by atoms with E-state index in [9.17, 15) is 14.7 Å². The Hall–Kier alpha value is -3.67. The molecule has 6 nitrogen and oxygen atoms in total. The van der Waals surface area contributed by atoms with Crippen molar-refractivity contribution in [3.05, 3.63) is 92.6 Å². The van der Waals surface area contributed by atoms with E-state index in [4.69, 9.17) is 4.42 Å². The summed E-state index contributed by atoms with van der Waals surface area (Å²) in [6.07, 6.45) is 0.158. The molecule has 6 heteroatoms. The van der Waals surface area contributed by atoms with Gasteiger partial charge < -0.3 is 14.5 Å². The van der Waals surface area contributed by atoms with Gasteiger partial charge in [0.1, 0.15) is 17.0 Å². The average molecular weight is 346 g/mol. The fourth-order valence-electron chi connectivity index (χ4n) is 2.82. The molecule has 0 unspecified atom stereocenters. The Balaban J connectivity index is 1.90. The second-order valence-electron chi connectivity index (χ2n) is 5.84. The molecule has 0 spiro atoms. The van der Waals surface area contributed by atoms with Crippen LogP contribution < -0.4 is 11.2 Å². The monoisotopic (exact) mass is 346 g/mol. The second-order valence-corrected chi connectivity index (χ2v) is 5.84. The molecule has 0 aliphatic heterocycles. The van der Waals surface area contributed by atoms with E-state index in [0.717, 1.165) is 5.56 Å². The molecule has 2 aromatic heterocycles. The first-order chi connectivity index (χ1) is 12.6. The van der Waals surface area contributed by atoms with E-state index >= 15 is 0 Å². The number of benzene rings is 2. The third-order valence-corrected chi connectivity index (χ3v) is 4.12. The molecule has 0 amide bonds. The molecule has 0 atom stereocenters. The maximum atomic E-state index is 12.5. The average Bonchev–Trinajstić information content (AvgIpc) is 2.66. The number of hydrogen-bond donors (Lipinski definition) is 2. The molecule has 2 aromatic carbocycles. The van der Waals surface area contributed by atoms with E-state index in [1.165, 1.54) is 0 Å². The fourth-order valence-corrected chi connectivity index (χ4v) is 2.82. The standard InChI is InChI=1S/C20H14N2O4/c23-16-14(11-12-7-3-1-4-8-12)20(25)26-19-15(16)18(24)21-17(22-19)13-9-5-2-6-10-13/h1-10,23H,11H2,(H,21,22,24). The molecule has 2 heterocycles. The van der Waals surface area contributed by atoms with Crippen LogP contribution in [-0.4, -0.2) is 15.1 Å². The highest BCUT2D eigenvalue weighted by Gasteiger charge is 2.19. The summed E-state index contributed by atoms with van der Waals surface area (Å²) in [4.78, 5) is 31.7. The summed E-state index contributed by atoms with van der Waals surface area (Å²) >= 11 is 0. The minimum absolute atomic E-state index is 0.0310. The van der Waals surface area contributed by atoms with Gasteiger partial charge in [0.05, 0.1) is 5.56 Å². The van der Waals surface area contributed by atoms with Crippen molar-refractivity contribution in [1.29, 1.82) is 0 Å². The number of aromatic nitrogens is 2. The Kier molecular flexibility index (Phi) is 3.85. The molecule has 0 radical (unpaired) electrons. The highest BCUT2D eigenvalue weighted by Crippen LogP contribution is 2.25. The zero-order chi connectivity index (χ0) is 18.1. The molecule has 26 heavy (non-hydrogen) atoms. The summed E-state index contributed by atoms with van der Waals surface area (Å²) in [6, 6.07) is 18.1. The molecule has 0 fully saturated rings. The lowest BCUT2D eigenvalue weighted by atomic mass is 10.1. The number of H-pyrrole nitrogens is 1. The number of aromatic amines is 1. The first-order valence-corrected chi connectivity index (χ1v) is 8.02. The molecule has 0 saturated carbocycles. The largest absolute Gasteiger partial charge is 0.506 e. The molecule has 128 valence electrons. The molecule has 0 bridgehead atoms. The summed E-state index contributed by atoms with van der Waals surface area (Å²) in [5, 5.41) is 10.4. The predicted molar refractivity (Wildman–Crippen MR) is 97.2 cm³/mol. The Morgan fingerprint density at radius 2 is 1.62 bits per heavy atom. The van der Waals surface area contributed by atoms with Gasteiger partial charge in [0, 0.05) is 12.0 Å². The summed E-state index contributed by atoms with van der Waals surface area (Å²) in [7, 11) is 0. The van der Waals surface area contributed by atoms with E-state index < -0.39 is 16.9 Å². The van der Waals surface area contributed by atoms with Crippen LogP contribution in [0.15, 0.2) is 74.7 Å². The maximum Gasteiger partial charge on any atom is 0.344 e. The summed E-state index contributed by atoms with van der Waals surface area (Å²) in [5.41, 5.74) is 0.0532. The van der Waals surface area contributed by atoms with Crippen LogP contribution in [0, 0.1) is 0 Å². The number of hydrogen-bond acceptors (Lipinski definition) is 5. The Bertz CT molecular complexity index is 1200. The topological polar surface area (TPSA) is 96.2 Å². The molecule has 0 saturated heterocycles. The molecule has 2 N–H and O–H groups in total.